The van der Waals surface area contributed by atoms with E-state index in [9.17, 15) is 9.18 Å². The molecule has 29 heavy (non-hydrogen) atoms. The Morgan fingerprint density at radius 2 is 1.93 bits per heavy atom. The third kappa shape index (κ3) is 4.64. The number of piperazine rings is 1. The molecule has 1 aromatic carbocycles. The smallest absolute Gasteiger partial charge is 0.268 e. The number of likely N-dealkylation sites (N-methyl/N-ethyl adjacent to an activating group) is 1. The molecule has 0 spiro atoms. The maximum absolute atomic E-state index is 13.7. The van der Waals surface area contributed by atoms with Crippen molar-refractivity contribution in [3.8, 4) is 0 Å². The van der Waals surface area contributed by atoms with Crippen LogP contribution in [0, 0.1) is 19.7 Å². The van der Waals surface area contributed by atoms with Gasteiger partial charge in [-0.15, -0.1) is 0 Å². The number of carbonyl (C=O) groups is 1. The topological polar surface area (TPSA) is 41.7 Å². The van der Waals surface area contributed by atoms with Crippen LogP contribution in [-0.4, -0.2) is 49.2 Å². The van der Waals surface area contributed by atoms with Gasteiger partial charge in [-0.05, 0) is 52.3 Å². The van der Waals surface area contributed by atoms with Gasteiger partial charge in [0.1, 0.15) is 11.5 Å². The largest absolute Gasteiger partial charge is 0.359 e. The summed E-state index contributed by atoms with van der Waals surface area (Å²) in [7, 11) is 0. The number of hydrogen-bond donors (Lipinski definition) is 2. The Balaban J connectivity index is 2.01. The first kappa shape index (κ1) is 21.4. The van der Waals surface area contributed by atoms with Crippen LogP contribution in [0.3, 0.4) is 0 Å². The highest BCUT2D eigenvalue weighted by molar-refractivity contribution is 5.96. The van der Waals surface area contributed by atoms with Gasteiger partial charge in [0.25, 0.3) is 5.91 Å². The number of aromatic nitrogens is 1. The van der Waals surface area contributed by atoms with Gasteiger partial charge in [0.05, 0.1) is 38.4 Å². The fourth-order valence-electron chi connectivity index (χ4n) is 4.39. The summed E-state index contributed by atoms with van der Waals surface area (Å²) in [5.41, 5.74) is 4.78. The molecule has 1 aromatic heterocycles. The number of anilines is 1. The van der Waals surface area contributed by atoms with Gasteiger partial charge in [0, 0.05) is 23.8 Å². The van der Waals surface area contributed by atoms with Gasteiger partial charge in [-0.3, -0.25) is 4.79 Å². The van der Waals surface area contributed by atoms with Crippen molar-refractivity contribution in [2.24, 2.45) is 0 Å². The minimum atomic E-state index is -0.254. The maximum atomic E-state index is 13.7. The zero-order valence-electron chi connectivity index (χ0n) is 18.3. The van der Waals surface area contributed by atoms with E-state index < -0.39 is 0 Å². The van der Waals surface area contributed by atoms with Gasteiger partial charge >= 0.3 is 0 Å². The number of quaternary nitrogens is 1. The van der Waals surface area contributed by atoms with Crippen molar-refractivity contribution >= 4 is 11.6 Å². The summed E-state index contributed by atoms with van der Waals surface area (Å²) in [6, 6.07) is 6.68. The molecule has 158 valence electrons. The van der Waals surface area contributed by atoms with E-state index >= 15 is 0 Å². The number of nitrogens with one attached hydrogen (secondary N) is 2. The second-order valence-electron chi connectivity index (χ2n) is 8.34. The summed E-state index contributed by atoms with van der Waals surface area (Å²) in [6.07, 6.45) is 0. The van der Waals surface area contributed by atoms with Gasteiger partial charge in [-0.1, -0.05) is 12.1 Å². The van der Waals surface area contributed by atoms with Crippen LogP contribution in [0.1, 0.15) is 48.1 Å². The summed E-state index contributed by atoms with van der Waals surface area (Å²) in [5.74, 6) is -0.322. The number of rotatable bonds is 6. The normalized spacial score (nSPS) is 15.2. The quantitative estimate of drug-likeness (QED) is 0.779. The van der Waals surface area contributed by atoms with Crippen molar-refractivity contribution in [1.29, 1.82) is 0 Å². The molecule has 2 aromatic rings. The lowest BCUT2D eigenvalue weighted by Gasteiger charge is -2.33. The standard InChI is InChI=1S/C23H33FN4O/c1-6-26-10-12-27(13-11-26)21-17(4)22(23(29)25-16(2)3)28(18(21)5)15-19-8-7-9-20(24)14-19/h7-9,14,16H,6,10-13,15H2,1-5H3,(H,25,29)/p+1. The van der Waals surface area contributed by atoms with E-state index in [1.165, 1.54) is 6.07 Å². The minimum Gasteiger partial charge on any atom is -0.359 e. The molecule has 1 amide bonds. The molecule has 1 aliphatic rings. The Morgan fingerprint density at radius 3 is 2.52 bits per heavy atom. The molecule has 2 N–H and O–H groups in total. The van der Waals surface area contributed by atoms with Crippen LogP contribution in [0.5, 0.6) is 0 Å². The Morgan fingerprint density at radius 1 is 1.24 bits per heavy atom. The number of benzene rings is 1. The van der Waals surface area contributed by atoms with Crippen LogP contribution in [0.2, 0.25) is 0 Å². The number of nitrogens with zero attached hydrogens (tertiary/aromatic N) is 2. The van der Waals surface area contributed by atoms with Crippen molar-refractivity contribution in [3.05, 3.63) is 52.6 Å². The van der Waals surface area contributed by atoms with E-state index in [2.05, 4.69) is 28.6 Å². The van der Waals surface area contributed by atoms with Crippen molar-refractivity contribution < 1.29 is 14.1 Å². The molecule has 0 radical (unpaired) electrons. The average molecular weight is 402 g/mol. The number of hydrogen-bond acceptors (Lipinski definition) is 2. The molecule has 1 fully saturated rings. The highest BCUT2D eigenvalue weighted by Gasteiger charge is 2.28. The van der Waals surface area contributed by atoms with Gasteiger partial charge in [0.15, 0.2) is 0 Å². The van der Waals surface area contributed by atoms with Gasteiger partial charge < -0.3 is 19.7 Å². The molecule has 5 nitrogen and oxygen atoms in total. The zero-order valence-corrected chi connectivity index (χ0v) is 18.3. The Labute approximate surface area is 173 Å². The molecule has 1 aliphatic heterocycles. The lowest BCUT2D eigenvalue weighted by molar-refractivity contribution is -0.898. The molecule has 6 heteroatoms. The summed E-state index contributed by atoms with van der Waals surface area (Å²) in [5, 5.41) is 3.04. The zero-order chi connectivity index (χ0) is 21.1. The van der Waals surface area contributed by atoms with Crippen molar-refractivity contribution in [2.45, 2.75) is 47.2 Å². The molecular formula is C23H34FN4O+. The molecule has 0 saturated carbocycles. The predicted molar refractivity (Wildman–Crippen MR) is 115 cm³/mol. The fourth-order valence-corrected chi connectivity index (χ4v) is 4.39. The molecule has 0 atom stereocenters. The second-order valence-corrected chi connectivity index (χ2v) is 8.34. The Kier molecular flexibility index (Phi) is 6.63. The summed E-state index contributed by atoms with van der Waals surface area (Å²) in [6.45, 7) is 16.1. The summed E-state index contributed by atoms with van der Waals surface area (Å²) < 4.78 is 15.8. The maximum Gasteiger partial charge on any atom is 0.268 e. The van der Waals surface area contributed by atoms with Crippen LogP contribution < -0.4 is 15.1 Å². The average Bonchev–Trinajstić information content (AvgIpc) is 2.91. The summed E-state index contributed by atoms with van der Waals surface area (Å²) >= 11 is 0. The van der Waals surface area contributed by atoms with Crippen LogP contribution in [0.4, 0.5) is 10.1 Å². The third-order valence-corrected chi connectivity index (χ3v) is 5.88. The molecule has 3 rings (SSSR count). The van der Waals surface area contributed by atoms with Gasteiger partial charge in [0.2, 0.25) is 0 Å². The highest BCUT2D eigenvalue weighted by Crippen LogP contribution is 2.32. The molecule has 2 heterocycles. The predicted octanol–water partition coefficient (Wildman–Crippen LogP) is 2.16. The van der Waals surface area contributed by atoms with E-state index in [1.54, 1.807) is 17.0 Å². The van der Waals surface area contributed by atoms with Crippen LogP contribution in [-0.2, 0) is 6.54 Å². The summed E-state index contributed by atoms with van der Waals surface area (Å²) in [4.78, 5) is 17.1. The first-order valence-electron chi connectivity index (χ1n) is 10.6. The molecule has 0 unspecified atom stereocenters. The van der Waals surface area contributed by atoms with Crippen molar-refractivity contribution in [2.75, 3.05) is 37.6 Å². The van der Waals surface area contributed by atoms with E-state index in [0.29, 0.717) is 12.2 Å². The monoisotopic (exact) mass is 401 g/mol. The van der Waals surface area contributed by atoms with Gasteiger partial charge in [-0.25, -0.2) is 4.39 Å². The van der Waals surface area contributed by atoms with Crippen LogP contribution in [0.25, 0.3) is 0 Å². The van der Waals surface area contributed by atoms with Crippen molar-refractivity contribution in [3.63, 3.8) is 0 Å². The molecule has 0 aliphatic carbocycles. The number of carbonyl (C=O) groups excluding carboxylic acids is 1. The SMILES string of the molecule is CC[NH+]1CCN(c2c(C)c(C(=O)NC(C)C)n(Cc3cccc(F)c3)c2C)CC1. The third-order valence-electron chi connectivity index (χ3n) is 5.88. The molecule has 1 saturated heterocycles. The van der Waals surface area contributed by atoms with Crippen LogP contribution >= 0.6 is 0 Å². The number of halogens is 1. The minimum absolute atomic E-state index is 0.0554. The molecular weight excluding hydrogens is 367 g/mol. The second kappa shape index (κ2) is 8.99. The number of amides is 1. The molecule has 0 bridgehead atoms. The van der Waals surface area contributed by atoms with Crippen molar-refractivity contribution in [1.82, 2.24) is 9.88 Å². The Bertz CT molecular complexity index is 866. The Hall–Kier alpha value is -2.34. The highest BCUT2D eigenvalue weighted by atomic mass is 19.1. The van der Waals surface area contributed by atoms with E-state index in [4.69, 9.17) is 0 Å². The lowest BCUT2D eigenvalue weighted by Crippen LogP contribution is -3.14. The first-order valence-corrected chi connectivity index (χ1v) is 10.6. The van der Waals surface area contributed by atoms with Gasteiger partial charge in [-0.2, -0.15) is 0 Å². The van der Waals surface area contributed by atoms with E-state index in [1.807, 2.05) is 26.8 Å². The lowest BCUT2D eigenvalue weighted by atomic mass is 10.1. The first-order chi connectivity index (χ1) is 13.8. The van der Waals surface area contributed by atoms with Crippen LogP contribution in [0.15, 0.2) is 24.3 Å². The fraction of sp³-hybridized carbons (Fsp3) is 0.522. The van der Waals surface area contributed by atoms with E-state index in [-0.39, 0.29) is 17.8 Å². The van der Waals surface area contributed by atoms with E-state index in [0.717, 1.165) is 55.2 Å².